The van der Waals surface area contributed by atoms with Crippen LogP contribution in [-0.2, 0) is 14.3 Å². The van der Waals surface area contributed by atoms with Crippen molar-refractivity contribution in [3.05, 3.63) is 43.8 Å². The normalized spacial score (nSPS) is 15.5. The van der Waals surface area contributed by atoms with Gasteiger partial charge in [0.25, 0.3) is 11.6 Å². The molecule has 1 aliphatic rings. The van der Waals surface area contributed by atoms with Crippen LogP contribution in [0.2, 0.25) is 5.02 Å². The maximum absolute atomic E-state index is 12.5. The molecule has 0 aliphatic carbocycles. The number of unbranched alkanes of at least 4 members (excludes halogenated alkanes) is 2. The molecular weight excluding hydrogens is 412 g/mol. The molecule has 1 heterocycles. The number of amides is 1. The van der Waals surface area contributed by atoms with Crippen LogP contribution < -0.4 is 0 Å². The Morgan fingerprint density at radius 1 is 1.41 bits per heavy atom. The van der Waals surface area contributed by atoms with Gasteiger partial charge in [-0.3, -0.25) is 24.6 Å². The van der Waals surface area contributed by atoms with Gasteiger partial charge in [0.1, 0.15) is 9.34 Å². The average molecular weight is 429 g/mol. The third-order valence-corrected chi connectivity index (χ3v) is 5.53. The lowest BCUT2D eigenvalue weighted by molar-refractivity contribution is -0.384. The van der Waals surface area contributed by atoms with Crippen molar-refractivity contribution in [2.45, 2.75) is 25.7 Å². The van der Waals surface area contributed by atoms with Crippen LogP contribution in [0.25, 0.3) is 6.08 Å². The Hall–Kier alpha value is -1.97. The highest BCUT2D eigenvalue weighted by Gasteiger charge is 2.31. The summed E-state index contributed by atoms with van der Waals surface area (Å²) in [6, 6.07) is 4.35. The lowest BCUT2D eigenvalue weighted by atomic mass is 10.1. The quantitative estimate of drug-likeness (QED) is 0.153. The zero-order valence-electron chi connectivity index (χ0n) is 14.5. The molecule has 0 unspecified atom stereocenters. The van der Waals surface area contributed by atoms with E-state index < -0.39 is 4.92 Å². The van der Waals surface area contributed by atoms with E-state index in [0.717, 1.165) is 18.2 Å². The van der Waals surface area contributed by atoms with Gasteiger partial charge in [-0.25, -0.2) is 0 Å². The van der Waals surface area contributed by atoms with Crippen molar-refractivity contribution in [1.29, 1.82) is 0 Å². The van der Waals surface area contributed by atoms with Gasteiger partial charge in [-0.2, -0.15) is 0 Å². The van der Waals surface area contributed by atoms with Gasteiger partial charge in [0.2, 0.25) is 0 Å². The molecule has 144 valence electrons. The summed E-state index contributed by atoms with van der Waals surface area (Å²) in [4.78, 5) is 35.9. The zero-order chi connectivity index (χ0) is 20.0. The zero-order valence-corrected chi connectivity index (χ0v) is 16.9. The van der Waals surface area contributed by atoms with E-state index in [2.05, 4.69) is 4.74 Å². The molecule has 0 saturated carbocycles. The first-order valence-electron chi connectivity index (χ1n) is 8.09. The van der Waals surface area contributed by atoms with Gasteiger partial charge in [-0.15, -0.1) is 0 Å². The molecule has 1 amide bonds. The highest BCUT2D eigenvalue weighted by molar-refractivity contribution is 8.26. The Kier molecular flexibility index (Phi) is 7.76. The summed E-state index contributed by atoms with van der Waals surface area (Å²) in [6.07, 6.45) is 4.09. The Morgan fingerprint density at radius 2 is 2.15 bits per heavy atom. The van der Waals surface area contributed by atoms with Gasteiger partial charge in [0.15, 0.2) is 0 Å². The Bertz CT molecular complexity index is 813. The second-order valence-electron chi connectivity index (χ2n) is 5.69. The van der Waals surface area contributed by atoms with Crippen molar-refractivity contribution in [3.8, 4) is 0 Å². The van der Waals surface area contributed by atoms with Crippen LogP contribution in [0.4, 0.5) is 5.69 Å². The first-order chi connectivity index (χ1) is 12.8. The maximum Gasteiger partial charge on any atom is 0.305 e. The number of carbonyl (C=O) groups is 2. The minimum atomic E-state index is -0.570. The highest BCUT2D eigenvalue weighted by Crippen LogP contribution is 2.34. The lowest BCUT2D eigenvalue weighted by Crippen LogP contribution is -2.29. The lowest BCUT2D eigenvalue weighted by Gasteiger charge is -2.13. The minimum Gasteiger partial charge on any atom is -0.469 e. The number of hydrogen-bond acceptors (Lipinski definition) is 7. The fourth-order valence-electron chi connectivity index (χ4n) is 2.42. The molecule has 0 radical (unpaired) electrons. The number of benzene rings is 1. The van der Waals surface area contributed by atoms with Crippen LogP contribution in [0.15, 0.2) is 23.1 Å². The van der Waals surface area contributed by atoms with Crippen LogP contribution in [0.5, 0.6) is 0 Å². The Morgan fingerprint density at radius 3 is 2.81 bits per heavy atom. The molecule has 1 saturated heterocycles. The molecule has 0 N–H and O–H groups in total. The van der Waals surface area contributed by atoms with Crippen molar-refractivity contribution in [1.82, 2.24) is 4.90 Å². The summed E-state index contributed by atoms with van der Waals surface area (Å²) in [7, 11) is 1.35. The molecule has 1 aromatic carbocycles. The molecule has 10 heteroatoms. The molecule has 0 bridgehead atoms. The predicted octanol–water partition coefficient (Wildman–Crippen LogP) is 4.18. The number of thiocarbonyl (C=S) groups is 1. The molecular formula is C17H17ClN2O5S2. The van der Waals surface area contributed by atoms with E-state index in [1.807, 2.05) is 0 Å². The summed E-state index contributed by atoms with van der Waals surface area (Å²) >= 11 is 12.2. The second-order valence-corrected chi connectivity index (χ2v) is 7.77. The maximum atomic E-state index is 12.5. The van der Waals surface area contributed by atoms with Crippen LogP contribution in [-0.4, -0.2) is 39.7 Å². The van der Waals surface area contributed by atoms with Gasteiger partial charge >= 0.3 is 5.97 Å². The van der Waals surface area contributed by atoms with Gasteiger partial charge in [0.05, 0.1) is 16.9 Å². The highest BCUT2D eigenvalue weighted by atomic mass is 35.5. The van der Waals surface area contributed by atoms with Crippen molar-refractivity contribution in [3.63, 3.8) is 0 Å². The predicted molar refractivity (Wildman–Crippen MR) is 108 cm³/mol. The molecule has 7 nitrogen and oxygen atoms in total. The summed E-state index contributed by atoms with van der Waals surface area (Å²) in [5.41, 5.74) is 0.288. The molecule has 1 fully saturated rings. The number of nitro groups is 1. The number of thioether (sulfide) groups is 1. The monoisotopic (exact) mass is 428 g/mol. The Labute approximate surface area is 170 Å². The average Bonchev–Trinajstić information content (AvgIpc) is 2.89. The number of rotatable bonds is 8. The number of nitrogens with zero attached hydrogens (tertiary/aromatic N) is 2. The molecule has 1 aromatic rings. The van der Waals surface area contributed by atoms with Crippen molar-refractivity contribution in [2.24, 2.45) is 0 Å². The third kappa shape index (κ3) is 5.75. The Balaban J connectivity index is 1.99. The number of methoxy groups -OCH3 is 1. The van der Waals surface area contributed by atoms with Gasteiger partial charge < -0.3 is 4.74 Å². The fourth-order valence-corrected chi connectivity index (χ4v) is 3.92. The van der Waals surface area contributed by atoms with E-state index >= 15 is 0 Å². The van der Waals surface area contributed by atoms with Crippen LogP contribution in [0, 0.1) is 10.1 Å². The molecule has 1 aliphatic heterocycles. The first kappa shape index (κ1) is 21.3. The largest absolute Gasteiger partial charge is 0.469 e. The standard InChI is InChI=1S/C17H17ClN2O5S2/c1-25-15(21)5-3-2-4-8-19-16(22)14(27-17(19)26)10-11-6-7-12(18)13(9-11)20(23)24/h6-7,9-10H,2-5,8H2,1H3/b14-10-. The van der Waals surface area contributed by atoms with Crippen LogP contribution in [0.3, 0.4) is 0 Å². The first-order valence-corrected chi connectivity index (χ1v) is 9.70. The van der Waals surface area contributed by atoms with Crippen molar-refractivity contribution >= 4 is 63.5 Å². The number of ether oxygens (including phenoxy) is 1. The number of esters is 1. The van der Waals surface area contributed by atoms with E-state index in [4.69, 9.17) is 23.8 Å². The molecule has 0 aromatic heterocycles. The number of halogens is 1. The fraction of sp³-hybridized carbons (Fsp3) is 0.353. The molecule has 0 atom stereocenters. The van der Waals surface area contributed by atoms with Crippen LogP contribution in [0.1, 0.15) is 31.2 Å². The topological polar surface area (TPSA) is 89.8 Å². The molecule has 0 spiro atoms. The second kappa shape index (κ2) is 9.82. The summed E-state index contributed by atoms with van der Waals surface area (Å²) in [5, 5.41) is 11.0. The summed E-state index contributed by atoms with van der Waals surface area (Å²) in [5.74, 6) is -0.476. The number of hydrogen-bond donors (Lipinski definition) is 0. The SMILES string of the molecule is COC(=O)CCCCCN1C(=O)/C(=C/c2ccc(Cl)c([N+](=O)[O-])c2)SC1=S. The summed E-state index contributed by atoms with van der Waals surface area (Å²) < 4.78 is 5.03. The van der Waals surface area contributed by atoms with E-state index in [1.165, 1.54) is 24.1 Å². The number of nitro benzene ring substituents is 1. The summed E-state index contributed by atoms with van der Waals surface area (Å²) in [6.45, 7) is 0.462. The van der Waals surface area contributed by atoms with E-state index in [1.54, 1.807) is 12.1 Å². The smallest absolute Gasteiger partial charge is 0.305 e. The number of carbonyl (C=O) groups excluding carboxylic acids is 2. The molecule has 27 heavy (non-hydrogen) atoms. The van der Waals surface area contributed by atoms with E-state index in [9.17, 15) is 19.7 Å². The third-order valence-electron chi connectivity index (χ3n) is 3.83. The van der Waals surface area contributed by atoms with Crippen molar-refractivity contribution < 1.29 is 19.2 Å². The van der Waals surface area contributed by atoms with Gasteiger partial charge in [-0.05, 0) is 30.5 Å². The van der Waals surface area contributed by atoms with E-state index in [-0.39, 0.29) is 22.6 Å². The van der Waals surface area contributed by atoms with E-state index in [0.29, 0.717) is 40.6 Å². The van der Waals surface area contributed by atoms with Crippen LogP contribution >= 0.6 is 35.6 Å². The molecule has 2 rings (SSSR count). The van der Waals surface area contributed by atoms with Gasteiger partial charge in [0, 0.05) is 19.0 Å². The van der Waals surface area contributed by atoms with Gasteiger partial charge in [-0.1, -0.05) is 48.1 Å². The van der Waals surface area contributed by atoms with Crippen molar-refractivity contribution in [2.75, 3.05) is 13.7 Å². The minimum absolute atomic E-state index is 0.0386.